The van der Waals surface area contributed by atoms with Crippen LogP contribution in [0.1, 0.15) is 6.92 Å². The predicted octanol–water partition coefficient (Wildman–Crippen LogP) is 4.69. The summed E-state index contributed by atoms with van der Waals surface area (Å²) in [5.74, 6) is 0.234. The number of para-hydroxylation sites is 1. The molecule has 0 aliphatic carbocycles. The van der Waals surface area contributed by atoms with Crippen LogP contribution in [-0.4, -0.2) is 19.9 Å². The van der Waals surface area contributed by atoms with E-state index in [1.165, 1.54) is 12.1 Å². The number of hydrogen-bond acceptors (Lipinski definition) is 4. The normalized spacial score (nSPS) is 11.2. The third-order valence-corrected chi connectivity index (χ3v) is 5.66. The zero-order chi connectivity index (χ0) is 18.6. The van der Waals surface area contributed by atoms with E-state index in [0.717, 1.165) is 17.9 Å². The number of benzene rings is 2. The monoisotopic (exact) mass is 387 g/mol. The van der Waals surface area contributed by atoms with Gasteiger partial charge in [-0.05, 0) is 43.3 Å². The van der Waals surface area contributed by atoms with E-state index in [2.05, 4.69) is 14.6 Å². The highest BCUT2D eigenvalue weighted by Crippen LogP contribution is 2.26. The lowest BCUT2D eigenvalue weighted by molar-refractivity contribution is 0.601. The molecule has 0 atom stereocenters. The Bertz CT molecular complexity index is 977. The van der Waals surface area contributed by atoms with E-state index in [1.54, 1.807) is 24.4 Å². The van der Waals surface area contributed by atoms with E-state index in [0.29, 0.717) is 0 Å². The fourth-order valence-electron chi connectivity index (χ4n) is 2.58. The van der Waals surface area contributed by atoms with Crippen LogP contribution in [0, 0.1) is 0 Å². The molecule has 3 rings (SSSR count). The largest absolute Gasteiger partial charge is 0.341 e. The van der Waals surface area contributed by atoms with Gasteiger partial charge in [0.25, 0.3) is 10.0 Å². The second-order valence-electron chi connectivity index (χ2n) is 5.52. The van der Waals surface area contributed by atoms with E-state index in [9.17, 15) is 8.42 Å². The Morgan fingerprint density at radius 2 is 1.65 bits per heavy atom. The molecule has 1 N–H and O–H groups in total. The van der Waals surface area contributed by atoms with Crippen molar-refractivity contribution in [1.29, 1.82) is 0 Å². The highest BCUT2D eigenvalue weighted by molar-refractivity contribution is 7.92. The summed E-state index contributed by atoms with van der Waals surface area (Å²) in [5.41, 5.74) is 1.92. The summed E-state index contributed by atoms with van der Waals surface area (Å²) in [6.45, 7) is 2.80. The fraction of sp³-hybridized carbons (Fsp3) is 0.105. The molecule has 7 heteroatoms. The fourth-order valence-corrected chi connectivity index (χ4v) is 4.11. The van der Waals surface area contributed by atoms with Gasteiger partial charge in [0, 0.05) is 12.2 Å². The quantitative estimate of drug-likeness (QED) is 0.666. The number of aromatic nitrogens is 1. The molecule has 26 heavy (non-hydrogen) atoms. The van der Waals surface area contributed by atoms with E-state index in [-0.39, 0.29) is 15.7 Å². The lowest BCUT2D eigenvalue weighted by Gasteiger charge is -2.23. The molecule has 0 bridgehead atoms. The van der Waals surface area contributed by atoms with Gasteiger partial charge < -0.3 is 4.90 Å². The number of rotatable bonds is 6. The van der Waals surface area contributed by atoms with Crippen molar-refractivity contribution in [3.63, 3.8) is 0 Å². The van der Waals surface area contributed by atoms with E-state index in [1.807, 2.05) is 43.3 Å². The molecule has 0 aliphatic heterocycles. The summed E-state index contributed by atoms with van der Waals surface area (Å²) in [7, 11) is -3.79. The summed E-state index contributed by atoms with van der Waals surface area (Å²) in [6.07, 6.45) is 1.64. The van der Waals surface area contributed by atoms with Gasteiger partial charge in [-0.25, -0.2) is 13.4 Å². The number of nitrogens with one attached hydrogen (secondary N) is 1. The zero-order valence-electron chi connectivity index (χ0n) is 14.1. The highest BCUT2D eigenvalue weighted by Gasteiger charge is 2.18. The number of anilines is 3. The first-order valence-corrected chi connectivity index (χ1v) is 9.93. The third-order valence-electron chi connectivity index (χ3n) is 3.81. The molecule has 5 nitrogen and oxygen atoms in total. The molecule has 2 aromatic carbocycles. The molecule has 0 spiro atoms. The van der Waals surface area contributed by atoms with Crippen molar-refractivity contribution in [3.8, 4) is 0 Å². The number of halogens is 1. The van der Waals surface area contributed by atoms with Crippen molar-refractivity contribution in [2.75, 3.05) is 16.2 Å². The number of pyridine rings is 1. The van der Waals surface area contributed by atoms with Gasteiger partial charge in [-0.3, -0.25) is 4.72 Å². The molecule has 0 saturated carbocycles. The first-order valence-electron chi connectivity index (χ1n) is 8.07. The maximum absolute atomic E-state index is 12.5. The standard InChI is InChI=1S/C19H18ClN3O2S/c1-2-23(15-8-4-3-5-9-15)16-12-13-19(21-14-16)22-26(24,25)18-11-7-6-10-17(18)20/h3-14H,2H2,1H3,(H,21,22). The van der Waals surface area contributed by atoms with Crippen molar-refractivity contribution >= 4 is 38.8 Å². The summed E-state index contributed by atoms with van der Waals surface area (Å²) in [5, 5.41) is 0.165. The van der Waals surface area contributed by atoms with Crippen LogP contribution in [0.4, 0.5) is 17.2 Å². The number of sulfonamides is 1. The van der Waals surface area contributed by atoms with Crippen LogP contribution >= 0.6 is 11.6 Å². The van der Waals surface area contributed by atoms with Crippen LogP contribution in [0.15, 0.2) is 77.8 Å². The van der Waals surface area contributed by atoms with Gasteiger partial charge in [0.15, 0.2) is 0 Å². The van der Waals surface area contributed by atoms with Crippen molar-refractivity contribution < 1.29 is 8.42 Å². The van der Waals surface area contributed by atoms with Gasteiger partial charge in [0.05, 0.1) is 16.9 Å². The first kappa shape index (κ1) is 18.2. The van der Waals surface area contributed by atoms with Crippen molar-refractivity contribution in [3.05, 3.63) is 77.9 Å². The van der Waals surface area contributed by atoms with Crippen LogP contribution in [0.5, 0.6) is 0 Å². The average Bonchev–Trinajstić information content (AvgIpc) is 2.64. The molecule has 3 aromatic rings. The number of hydrogen-bond donors (Lipinski definition) is 1. The second kappa shape index (κ2) is 7.76. The van der Waals surface area contributed by atoms with Crippen LogP contribution in [0.25, 0.3) is 0 Å². The molecule has 0 amide bonds. The predicted molar refractivity (Wildman–Crippen MR) is 106 cm³/mol. The van der Waals surface area contributed by atoms with Gasteiger partial charge in [-0.1, -0.05) is 41.9 Å². The minimum absolute atomic E-state index is 0.0204. The van der Waals surface area contributed by atoms with E-state index < -0.39 is 10.0 Å². The Hall–Kier alpha value is -2.57. The molecular formula is C19H18ClN3O2S. The molecule has 0 saturated heterocycles. The molecule has 0 unspecified atom stereocenters. The van der Waals surface area contributed by atoms with Crippen LogP contribution in [0.3, 0.4) is 0 Å². The summed E-state index contributed by atoms with van der Waals surface area (Å²) >= 11 is 5.98. The van der Waals surface area contributed by atoms with Gasteiger partial charge in [0.2, 0.25) is 0 Å². The molecule has 1 aromatic heterocycles. The van der Waals surface area contributed by atoms with Gasteiger partial charge >= 0.3 is 0 Å². The summed E-state index contributed by atoms with van der Waals surface area (Å²) in [4.78, 5) is 6.34. The second-order valence-corrected chi connectivity index (χ2v) is 7.58. The molecule has 134 valence electrons. The molecule has 1 heterocycles. The van der Waals surface area contributed by atoms with Crippen LogP contribution in [-0.2, 0) is 10.0 Å². The highest BCUT2D eigenvalue weighted by atomic mass is 35.5. The van der Waals surface area contributed by atoms with E-state index >= 15 is 0 Å². The van der Waals surface area contributed by atoms with Crippen LogP contribution < -0.4 is 9.62 Å². The smallest absolute Gasteiger partial charge is 0.264 e. The van der Waals surface area contributed by atoms with Gasteiger partial charge in [0.1, 0.15) is 10.7 Å². The maximum atomic E-state index is 12.5. The summed E-state index contributed by atoms with van der Waals surface area (Å²) in [6, 6.07) is 19.7. The molecule has 0 aliphatic rings. The Kier molecular flexibility index (Phi) is 5.44. The SMILES string of the molecule is CCN(c1ccccc1)c1ccc(NS(=O)(=O)c2ccccc2Cl)nc1. The minimum Gasteiger partial charge on any atom is -0.341 e. The molecule has 0 radical (unpaired) electrons. The number of nitrogens with zero attached hydrogens (tertiary/aromatic N) is 2. The van der Waals surface area contributed by atoms with Crippen molar-refractivity contribution in [1.82, 2.24) is 4.98 Å². The zero-order valence-corrected chi connectivity index (χ0v) is 15.7. The van der Waals surface area contributed by atoms with E-state index in [4.69, 9.17) is 11.6 Å². The average molecular weight is 388 g/mol. The van der Waals surface area contributed by atoms with Gasteiger partial charge in [-0.2, -0.15) is 0 Å². The maximum Gasteiger partial charge on any atom is 0.264 e. The molecule has 0 fully saturated rings. The summed E-state index contributed by atoms with van der Waals surface area (Å²) < 4.78 is 27.4. The van der Waals surface area contributed by atoms with Crippen molar-refractivity contribution in [2.24, 2.45) is 0 Å². The Balaban J connectivity index is 1.83. The van der Waals surface area contributed by atoms with Crippen molar-refractivity contribution in [2.45, 2.75) is 11.8 Å². The Labute approximate surface area is 158 Å². The topological polar surface area (TPSA) is 62.3 Å². The Morgan fingerprint density at radius 1 is 0.962 bits per heavy atom. The van der Waals surface area contributed by atoms with Gasteiger partial charge in [-0.15, -0.1) is 0 Å². The third kappa shape index (κ3) is 3.98. The lowest BCUT2D eigenvalue weighted by Crippen LogP contribution is -2.17. The van der Waals surface area contributed by atoms with Crippen LogP contribution in [0.2, 0.25) is 5.02 Å². The Morgan fingerprint density at radius 3 is 2.27 bits per heavy atom. The molecular weight excluding hydrogens is 370 g/mol. The minimum atomic E-state index is -3.79. The first-order chi connectivity index (χ1) is 12.5. The lowest BCUT2D eigenvalue weighted by atomic mass is 10.2.